The Kier molecular flexibility index (Phi) is 3.76. The molecule has 114 valence electrons. The topological polar surface area (TPSA) is 29.5 Å². The zero-order chi connectivity index (χ0) is 15.2. The summed E-state index contributed by atoms with van der Waals surface area (Å²) in [5.74, 6) is 1.19. The number of likely N-dealkylation sites (tertiary alicyclic amines) is 1. The highest BCUT2D eigenvalue weighted by Crippen LogP contribution is 2.51. The Balaban J connectivity index is 1.65. The summed E-state index contributed by atoms with van der Waals surface area (Å²) in [6.07, 6.45) is 1.99. The highest BCUT2D eigenvalue weighted by atomic mass is 79.9. The van der Waals surface area contributed by atoms with E-state index in [0.717, 1.165) is 23.9 Å². The number of nitrogens with zero attached hydrogens (tertiary/aromatic N) is 1. The van der Waals surface area contributed by atoms with Crippen molar-refractivity contribution in [2.75, 3.05) is 6.54 Å². The quantitative estimate of drug-likeness (QED) is 0.741. The summed E-state index contributed by atoms with van der Waals surface area (Å²) < 4.78 is 6.63. The highest BCUT2D eigenvalue weighted by molar-refractivity contribution is 9.10. The van der Waals surface area contributed by atoms with Gasteiger partial charge in [0.15, 0.2) is 0 Å². The Morgan fingerprint density at radius 3 is 2.57 bits per heavy atom. The van der Waals surface area contributed by atoms with Crippen LogP contribution >= 0.6 is 15.9 Å². The van der Waals surface area contributed by atoms with Crippen molar-refractivity contribution in [2.24, 2.45) is 5.92 Å². The third kappa shape index (κ3) is 3.25. The van der Waals surface area contributed by atoms with Gasteiger partial charge in [0.05, 0.1) is 0 Å². The Hall–Kier alpha value is -1.03. The van der Waals surface area contributed by atoms with Crippen LogP contribution < -0.4 is 0 Å². The van der Waals surface area contributed by atoms with Crippen molar-refractivity contribution in [3.63, 3.8) is 0 Å². The molecule has 3 nitrogen and oxygen atoms in total. The molecule has 0 radical (unpaired) electrons. The first-order chi connectivity index (χ1) is 9.85. The summed E-state index contributed by atoms with van der Waals surface area (Å²) in [7, 11) is 0. The van der Waals surface area contributed by atoms with Crippen LogP contribution in [0.2, 0.25) is 0 Å². The SMILES string of the molecule is CC(C)(C)OC(=O)N1CC[C@@H](c2ccc(Br)cc2)[C@H]2C[C@H]21. The Bertz CT molecular complexity index is 535. The van der Waals surface area contributed by atoms with Crippen LogP contribution in [0.15, 0.2) is 28.7 Å². The third-order valence-electron chi connectivity index (χ3n) is 4.33. The van der Waals surface area contributed by atoms with Crippen LogP contribution in [-0.2, 0) is 4.74 Å². The zero-order valence-corrected chi connectivity index (χ0v) is 14.4. The summed E-state index contributed by atoms with van der Waals surface area (Å²) in [5, 5.41) is 0. The molecule has 1 saturated carbocycles. The van der Waals surface area contributed by atoms with Crippen LogP contribution in [0.3, 0.4) is 0 Å². The van der Waals surface area contributed by atoms with Gasteiger partial charge in [-0.15, -0.1) is 0 Å². The van der Waals surface area contributed by atoms with Crippen molar-refractivity contribution in [1.82, 2.24) is 4.90 Å². The summed E-state index contributed by atoms with van der Waals surface area (Å²) in [6, 6.07) is 8.99. The minimum absolute atomic E-state index is 0.149. The van der Waals surface area contributed by atoms with Crippen LogP contribution in [0.4, 0.5) is 4.79 Å². The van der Waals surface area contributed by atoms with Gasteiger partial charge in [-0.05, 0) is 63.1 Å². The average Bonchev–Trinajstić information content (AvgIpc) is 3.16. The molecule has 1 aliphatic carbocycles. The zero-order valence-electron chi connectivity index (χ0n) is 12.8. The largest absolute Gasteiger partial charge is 0.444 e. The first-order valence-corrected chi connectivity index (χ1v) is 8.39. The monoisotopic (exact) mass is 351 g/mol. The van der Waals surface area contributed by atoms with Crippen molar-refractivity contribution in [1.29, 1.82) is 0 Å². The number of ether oxygens (including phenoxy) is 1. The van der Waals surface area contributed by atoms with E-state index in [2.05, 4.69) is 40.2 Å². The number of amides is 1. The number of carbonyl (C=O) groups is 1. The predicted octanol–water partition coefficient (Wildman–Crippen LogP) is 4.56. The lowest BCUT2D eigenvalue weighted by Crippen LogP contribution is -2.42. The van der Waals surface area contributed by atoms with Gasteiger partial charge in [-0.2, -0.15) is 0 Å². The normalized spacial score (nSPS) is 28.0. The van der Waals surface area contributed by atoms with Crippen molar-refractivity contribution in [3.05, 3.63) is 34.3 Å². The molecule has 3 atom stereocenters. The fraction of sp³-hybridized carbons (Fsp3) is 0.588. The molecule has 4 heteroatoms. The molecule has 0 bridgehead atoms. The second-order valence-electron chi connectivity index (χ2n) is 7.09. The first kappa shape index (κ1) is 14.9. The van der Waals surface area contributed by atoms with Crippen LogP contribution in [0.5, 0.6) is 0 Å². The molecular weight excluding hydrogens is 330 g/mol. The van der Waals surface area contributed by atoms with Crippen molar-refractivity contribution in [2.45, 2.75) is 51.2 Å². The van der Waals surface area contributed by atoms with Crippen molar-refractivity contribution in [3.8, 4) is 0 Å². The minimum atomic E-state index is -0.413. The molecule has 1 aromatic rings. The molecule has 1 saturated heterocycles. The number of carbonyl (C=O) groups excluding carboxylic acids is 1. The molecule has 2 fully saturated rings. The number of hydrogen-bond acceptors (Lipinski definition) is 2. The summed E-state index contributed by atoms with van der Waals surface area (Å²) in [6.45, 7) is 6.56. The van der Waals surface area contributed by atoms with Crippen LogP contribution in [0.25, 0.3) is 0 Å². The van der Waals surface area contributed by atoms with Crippen LogP contribution in [-0.4, -0.2) is 29.2 Å². The van der Waals surface area contributed by atoms with Gasteiger partial charge in [0, 0.05) is 17.1 Å². The van der Waals surface area contributed by atoms with Gasteiger partial charge in [-0.25, -0.2) is 4.79 Å². The Morgan fingerprint density at radius 1 is 1.29 bits per heavy atom. The maximum absolute atomic E-state index is 12.2. The Morgan fingerprint density at radius 2 is 1.95 bits per heavy atom. The number of rotatable bonds is 1. The molecule has 0 spiro atoms. The van der Waals surface area contributed by atoms with E-state index in [-0.39, 0.29) is 6.09 Å². The van der Waals surface area contributed by atoms with Crippen molar-refractivity contribution >= 4 is 22.0 Å². The molecule has 1 aromatic carbocycles. The van der Waals surface area contributed by atoms with Gasteiger partial charge in [-0.3, -0.25) is 0 Å². The van der Waals surface area contributed by atoms with Crippen LogP contribution in [0, 0.1) is 5.92 Å². The van der Waals surface area contributed by atoms with E-state index < -0.39 is 5.60 Å². The molecule has 1 heterocycles. The number of hydrogen-bond donors (Lipinski definition) is 0. The summed E-state index contributed by atoms with van der Waals surface area (Å²) >= 11 is 3.48. The maximum atomic E-state index is 12.2. The predicted molar refractivity (Wildman–Crippen MR) is 86.3 cm³/mol. The van der Waals surface area contributed by atoms with Gasteiger partial charge < -0.3 is 9.64 Å². The fourth-order valence-electron chi connectivity index (χ4n) is 3.32. The molecule has 1 aliphatic heterocycles. The van der Waals surface area contributed by atoms with E-state index in [0.29, 0.717) is 17.9 Å². The average molecular weight is 352 g/mol. The molecule has 2 aliphatic rings. The maximum Gasteiger partial charge on any atom is 0.410 e. The molecule has 0 N–H and O–H groups in total. The fourth-order valence-corrected chi connectivity index (χ4v) is 3.58. The smallest absolute Gasteiger partial charge is 0.410 e. The number of fused-ring (bicyclic) bond motifs is 1. The van der Waals surface area contributed by atoms with Gasteiger partial charge in [-0.1, -0.05) is 28.1 Å². The molecule has 0 aromatic heterocycles. The lowest BCUT2D eigenvalue weighted by Gasteiger charge is -2.33. The van der Waals surface area contributed by atoms with E-state index in [1.165, 1.54) is 5.56 Å². The molecule has 21 heavy (non-hydrogen) atoms. The third-order valence-corrected chi connectivity index (χ3v) is 4.86. The highest BCUT2D eigenvalue weighted by Gasteiger charge is 2.52. The molecule has 0 unspecified atom stereocenters. The van der Waals surface area contributed by atoms with E-state index >= 15 is 0 Å². The van der Waals surface area contributed by atoms with Gasteiger partial charge in [0.1, 0.15) is 5.60 Å². The number of halogens is 1. The van der Waals surface area contributed by atoms with Gasteiger partial charge >= 0.3 is 6.09 Å². The van der Waals surface area contributed by atoms with Gasteiger partial charge in [0.2, 0.25) is 0 Å². The van der Waals surface area contributed by atoms with E-state index in [1.807, 2.05) is 25.7 Å². The Labute approximate surface area is 134 Å². The summed E-state index contributed by atoms with van der Waals surface area (Å²) in [4.78, 5) is 14.2. The second-order valence-corrected chi connectivity index (χ2v) is 8.00. The standard InChI is InChI=1S/C17H22BrNO2/c1-17(2,3)21-16(20)19-9-8-13(14-10-15(14)19)11-4-6-12(18)7-5-11/h4-7,13-15H,8-10H2,1-3H3/t13-,14+,15+/m0/s1. The number of piperidine rings is 1. The molecule has 1 amide bonds. The molecular formula is C17H22BrNO2. The minimum Gasteiger partial charge on any atom is -0.444 e. The lowest BCUT2D eigenvalue weighted by molar-refractivity contribution is 0.0183. The van der Waals surface area contributed by atoms with E-state index in [4.69, 9.17) is 4.74 Å². The van der Waals surface area contributed by atoms with Crippen molar-refractivity contribution < 1.29 is 9.53 Å². The van der Waals surface area contributed by atoms with Crippen LogP contribution in [0.1, 0.15) is 45.1 Å². The first-order valence-electron chi connectivity index (χ1n) is 7.60. The number of benzene rings is 1. The van der Waals surface area contributed by atoms with E-state index in [9.17, 15) is 4.79 Å². The second kappa shape index (κ2) is 5.31. The lowest BCUT2D eigenvalue weighted by atomic mass is 9.88. The molecule has 3 rings (SSSR count). The van der Waals surface area contributed by atoms with E-state index in [1.54, 1.807) is 0 Å². The van der Waals surface area contributed by atoms with Gasteiger partial charge in [0.25, 0.3) is 0 Å². The summed E-state index contributed by atoms with van der Waals surface area (Å²) in [5.41, 5.74) is 0.985.